The average Bonchev–Trinajstić information content (AvgIpc) is 2.81. The zero-order valence-electron chi connectivity index (χ0n) is 17.2. The number of aromatic nitrogens is 4. The van der Waals surface area contributed by atoms with Crippen LogP contribution in [0.5, 0.6) is 11.5 Å². The van der Waals surface area contributed by atoms with Crippen LogP contribution in [-0.4, -0.2) is 53.4 Å². The quantitative estimate of drug-likeness (QED) is 0.677. The van der Waals surface area contributed by atoms with Gasteiger partial charge in [-0.05, 0) is 18.2 Å². The van der Waals surface area contributed by atoms with Gasteiger partial charge in [0.15, 0.2) is 0 Å². The molecule has 3 aromatic rings. The van der Waals surface area contributed by atoms with E-state index >= 15 is 0 Å². The first-order chi connectivity index (χ1) is 14.6. The Kier molecular flexibility index (Phi) is 5.62. The molecule has 4 rings (SSSR count). The summed E-state index contributed by atoms with van der Waals surface area (Å²) in [5.74, 6) is 2.10. The number of nitrogens with zero attached hydrogens (tertiary/aromatic N) is 5. The Hall–Kier alpha value is -3.46. The van der Waals surface area contributed by atoms with Gasteiger partial charge in [0.05, 0.1) is 31.6 Å². The Morgan fingerprint density at radius 2 is 2.00 bits per heavy atom. The standard InChI is InChI=1S/C21H24N6O3/c1-26-20(28)11-17(16-6-7-22-13-24-16)25-21(26)27-9-8-23-18(12-27)15-5-4-14(29-2)10-19(15)30-3/h4-7,10-11,13,18,23H,8-9,12H2,1-3H3. The lowest BCUT2D eigenvalue weighted by atomic mass is 10.0. The minimum Gasteiger partial charge on any atom is -0.497 e. The van der Waals surface area contributed by atoms with Crippen molar-refractivity contribution in [1.82, 2.24) is 24.8 Å². The maximum Gasteiger partial charge on any atom is 0.255 e. The third-order valence-corrected chi connectivity index (χ3v) is 5.23. The van der Waals surface area contributed by atoms with Crippen LogP contribution in [0.25, 0.3) is 11.4 Å². The molecule has 1 aromatic carbocycles. The molecule has 3 heterocycles. The summed E-state index contributed by atoms with van der Waals surface area (Å²) in [6.07, 6.45) is 3.09. The van der Waals surface area contributed by atoms with E-state index in [1.165, 1.54) is 12.4 Å². The Morgan fingerprint density at radius 3 is 2.73 bits per heavy atom. The molecule has 0 amide bonds. The van der Waals surface area contributed by atoms with Crippen LogP contribution in [-0.2, 0) is 7.05 Å². The summed E-state index contributed by atoms with van der Waals surface area (Å²) in [6, 6.07) is 9.05. The van der Waals surface area contributed by atoms with Crippen LogP contribution >= 0.6 is 0 Å². The molecule has 1 atom stereocenters. The fourth-order valence-electron chi connectivity index (χ4n) is 3.63. The number of benzene rings is 1. The number of hydrogen-bond acceptors (Lipinski definition) is 8. The van der Waals surface area contributed by atoms with Crippen molar-refractivity contribution >= 4 is 5.95 Å². The Balaban J connectivity index is 1.67. The molecule has 30 heavy (non-hydrogen) atoms. The summed E-state index contributed by atoms with van der Waals surface area (Å²) >= 11 is 0. The van der Waals surface area contributed by atoms with Crippen molar-refractivity contribution in [3.63, 3.8) is 0 Å². The van der Waals surface area contributed by atoms with Gasteiger partial charge < -0.3 is 19.7 Å². The SMILES string of the molecule is COc1ccc(C2CN(c3nc(-c4ccncn4)cc(=O)n3C)CCN2)c(OC)c1. The molecule has 1 unspecified atom stereocenters. The zero-order valence-corrected chi connectivity index (χ0v) is 17.2. The normalized spacial score (nSPS) is 16.4. The molecule has 9 heteroatoms. The second-order valence-electron chi connectivity index (χ2n) is 6.99. The van der Waals surface area contributed by atoms with E-state index in [1.54, 1.807) is 38.1 Å². The van der Waals surface area contributed by atoms with Gasteiger partial charge in [-0.25, -0.2) is 15.0 Å². The second-order valence-corrected chi connectivity index (χ2v) is 6.99. The van der Waals surface area contributed by atoms with Gasteiger partial charge in [0.25, 0.3) is 5.56 Å². The number of methoxy groups -OCH3 is 2. The molecule has 0 radical (unpaired) electrons. The minimum atomic E-state index is -0.134. The molecular weight excluding hydrogens is 384 g/mol. The number of nitrogens with one attached hydrogen (secondary N) is 1. The van der Waals surface area contributed by atoms with Gasteiger partial charge in [-0.15, -0.1) is 0 Å². The van der Waals surface area contributed by atoms with Crippen molar-refractivity contribution in [2.75, 3.05) is 38.8 Å². The molecule has 1 fully saturated rings. The number of rotatable bonds is 5. The predicted molar refractivity (Wildman–Crippen MR) is 113 cm³/mol. The molecule has 2 aromatic heterocycles. The summed E-state index contributed by atoms with van der Waals surface area (Å²) in [5, 5.41) is 3.53. The highest BCUT2D eigenvalue weighted by Gasteiger charge is 2.26. The first kappa shape index (κ1) is 19.8. The summed E-state index contributed by atoms with van der Waals surface area (Å²) in [7, 11) is 5.01. The lowest BCUT2D eigenvalue weighted by Gasteiger charge is -2.35. The van der Waals surface area contributed by atoms with Crippen molar-refractivity contribution in [3.05, 3.63) is 58.8 Å². The van der Waals surface area contributed by atoms with Gasteiger partial charge >= 0.3 is 0 Å². The average molecular weight is 408 g/mol. The van der Waals surface area contributed by atoms with Gasteiger partial charge in [-0.1, -0.05) is 0 Å². The fraction of sp³-hybridized carbons (Fsp3) is 0.333. The third kappa shape index (κ3) is 3.84. The van der Waals surface area contributed by atoms with Crippen molar-refractivity contribution in [3.8, 4) is 22.9 Å². The molecule has 1 aliphatic heterocycles. The van der Waals surface area contributed by atoms with E-state index in [0.29, 0.717) is 23.9 Å². The Morgan fingerprint density at radius 1 is 1.13 bits per heavy atom. The van der Waals surface area contributed by atoms with Crippen molar-refractivity contribution < 1.29 is 9.47 Å². The maximum absolute atomic E-state index is 12.6. The molecule has 0 aliphatic carbocycles. The van der Waals surface area contributed by atoms with Crippen LogP contribution in [0.15, 0.2) is 47.7 Å². The van der Waals surface area contributed by atoms with E-state index in [1.807, 2.05) is 18.2 Å². The molecule has 0 saturated carbocycles. The van der Waals surface area contributed by atoms with Gasteiger partial charge in [-0.3, -0.25) is 9.36 Å². The van der Waals surface area contributed by atoms with E-state index < -0.39 is 0 Å². The Labute approximate surface area is 174 Å². The van der Waals surface area contributed by atoms with Gasteiger partial charge in [0.2, 0.25) is 5.95 Å². The molecule has 1 aliphatic rings. The molecule has 0 spiro atoms. The molecule has 156 valence electrons. The first-order valence-electron chi connectivity index (χ1n) is 9.65. The van der Waals surface area contributed by atoms with Crippen molar-refractivity contribution in [1.29, 1.82) is 0 Å². The number of ether oxygens (including phenoxy) is 2. The van der Waals surface area contributed by atoms with E-state index in [-0.39, 0.29) is 11.6 Å². The monoisotopic (exact) mass is 408 g/mol. The zero-order chi connectivity index (χ0) is 21.1. The number of piperazine rings is 1. The molecule has 1 saturated heterocycles. The Bertz CT molecular complexity index is 1090. The fourth-order valence-corrected chi connectivity index (χ4v) is 3.63. The maximum atomic E-state index is 12.6. The predicted octanol–water partition coefficient (Wildman–Crippen LogP) is 1.41. The molecule has 0 bridgehead atoms. The van der Waals surface area contributed by atoms with Crippen molar-refractivity contribution in [2.45, 2.75) is 6.04 Å². The highest BCUT2D eigenvalue weighted by atomic mass is 16.5. The van der Waals surface area contributed by atoms with Crippen molar-refractivity contribution in [2.24, 2.45) is 7.05 Å². The molecule has 9 nitrogen and oxygen atoms in total. The van der Waals surface area contributed by atoms with Crippen LogP contribution in [0.3, 0.4) is 0 Å². The lowest BCUT2D eigenvalue weighted by molar-refractivity contribution is 0.379. The summed E-state index contributed by atoms with van der Waals surface area (Å²) < 4.78 is 12.5. The number of hydrogen-bond donors (Lipinski definition) is 1. The summed E-state index contributed by atoms with van der Waals surface area (Å²) in [4.78, 5) is 27.6. The third-order valence-electron chi connectivity index (χ3n) is 5.23. The highest BCUT2D eigenvalue weighted by Crippen LogP contribution is 2.31. The van der Waals surface area contributed by atoms with E-state index in [9.17, 15) is 4.79 Å². The van der Waals surface area contributed by atoms with E-state index in [0.717, 1.165) is 30.2 Å². The van der Waals surface area contributed by atoms with Gasteiger partial charge in [0.1, 0.15) is 17.8 Å². The van der Waals surface area contributed by atoms with Crippen LogP contribution in [0.4, 0.5) is 5.95 Å². The van der Waals surface area contributed by atoms with Crippen LogP contribution in [0, 0.1) is 0 Å². The molecular formula is C21H24N6O3. The van der Waals surface area contributed by atoms with Crippen LogP contribution in [0.2, 0.25) is 0 Å². The summed E-state index contributed by atoms with van der Waals surface area (Å²) in [6.45, 7) is 2.10. The van der Waals surface area contributed by atoms with Crippen LogP contribution < -0.4 is 25.2 Å². The number of anilines is 1. The van der Waals surface area contributed by atoms with E-state index in [2.05, 4.69) is 20.2 Å². The smallest absolute Gasteiger partial charge is 0.255 e. The minimum absolute atomic E-state index is 0.0132. The van der Waals surface area contributed by atoms with Gasteiger partial charge in [-0.2, -0.15) is 0 Å². The first-order valence-corrected chi connectivity index (χ1v) is 9.65. The topological polar surface area (TPSA) is 94.4 Å². The second kappa shape index (κ2) is 8.50. The van der Waals surface area contributed by atoms with Gasteiger partial charge in [0, 0.05) is 50.6 Å². The molecule has 1 N–H and O–H groups in total. The largest absolute Gasteiger partial charge is 0.497 e. The van der Waals surface area contributed by atoms with Crippen LogP contribution in [0.1, 0.15) is 11.6 Å². The highest BCUT2D eigenvalue weighted by molar-refractivity contribution is 5.55. The lowest BCUT2D eigenvalue weighted by Crippen LogP contribution is -2.47. The van der Waals surface area contributed by atoms with E-state index in [4.69, 9.17) is 14.5 Å². The summed E-state index contributed by atoms with van der Waals surface area (Å²) in [5.41, 5.74) is 2.05.